The summed E-state index contributed by atoms with van der Waals surface area (Å²) in [6.07, 6.45) is 1.79. The Kier molecular flexibility index (Phi) is 4.82. The normalized spacial score (nSPS) is 9.88. The van der Waals surface area contributed by atoms with Crippen molar-refractivity contribution in [3.05, 3.63) is 23.3 Å². The largest absolute Gasteiger partial charge is 0.493 e. The number of aryl methyl sites for hydroxylation is 1. The number of carbonyl (C=O) groups is 1. The van der Waals surface area contributed by atoms with E-state index in [2.05, 4.69) is 6.92 Å². The lowest BCUT2D eigenvalue weighted by atomic mass is 10.0. The molecule has 0 fully saturated rings. The molecule has 4 heteroatoms. The average Bonchev–Trinajstić information content (AvgIpc) is 2.37. The summed E-state index contributed by atoms with van der Waals surface area (Å²) in [4.78, 5) is 11.5. The van der Waals surface area contributed by atoms with E-state index in [4.69, 9.17) is 14.2 Å². The summed E-state index contributed by atoms with van der Waals surface area (Å²) in [5.41, 5.74) is 1.43. The van der Waals surface area contributed by atoms with Crippen molar-refractivity contribution >= 4 is 5.97 Å². The molecule has 0 bridgehead atoms. The first-order valence-corrected chi connectivity index (χ1v) is 5.51. The maximum absolute atomic E-state index is 11.5. The Bertz CT molecular complexity index is 399. The van der Waals surface area contributed by atoms with E-state index in [1.165, 1.54) is 7.11 Å². The van der Waals surface area contributed by atoms with Gasteiger partial charge >= 0.3 is 5.97 Å². The fourth-order valence-corrected chi connectivity index (χ4v) is 1.73. The van der Waals surface area contributed by atoms with Crippen LogP contribution in [0, 0.1) is 0 Å². The number of benzene rings is 1. The monoisotopic (exact) mass is 238 g/mol. The minimum absolute atomic E-state index is 0.372. The molecule has 1 aromatic carbocycles. The van der Waals surface area contributed by atoms with Gasteiger partial charge in [-0.1, -0.05) is 13.3 Å². The second kappa shape index (κ2) is 6.13. The predicted octanol–water partition coefficient (Wildman–Crippen LogP) is 2.44. The number of ether oxygens (including phenoxy) is 3. The van der Waals surface area contributed by atoms with Gasteiger partial charge in [0.05, 0.1) is 26.9 Å². The molecule has 1 aromatic rings. The van der Waals surface area contributed by atoms with Gasteiger partial charge in [-0.05, 0) is 24.1 Å². The van der Waals surface area contributed by atoms with Crippen molar-refractivity contribution in [3.8, 4) is 11.5 Å². The maximum atomic E-state index is 11.5. The molecular weight excluding hydrogens is 220 g/mol. The molecule has 0 aliphatic rings. The van der Waals surface area contributed by atoms with E-state index in [-0.39, 0.29) is 5.97 Å². The zero-order chi connectivity index (χ0) is 12.8. The number of rotatable bonds is 5. The molecular formula is C13H18O4. The Morgan fingerprint density at radius 3 is 2.35 bits per heavy atom. The lowest BCUT2D eigenvalue weighted by molar-refractivity contribution is 0.0600. The van der Waals surface area contributed by atoms with Crippen LogP contribution in [-0.4, -0.2) is 27.3 Å². The van der Waals surface area contributed by atoms with Crippen molar-refractivity contribution in [2.45, 2.75) is 19.8 Å². The summed E-state index contributed by atoms with van der Waals surface area (Å²) >= 11 is 0. The Balaban J connectivity index is 3.28. The Hall–Kier alpha value is -1.71. The summed E-state index contributed by atoms with van der Waals surface area (Å²) in [6, 6.07) is 3.42. The first-order valence-electron chi connectivity index (χ1n) is 5.51. The van der Waals surface area contributed by atoms with Gasteiger partial charge in [0.1, 0.15) is 0 Å². The molecule has 1 rings (SSSR count). The molecule has 0 heterocycles. The molecule has 0 atom stereocenters. The molecule has 0 saturated heterocycles. The molecule has 0 aliphatic carbocycles. The van der Waals surface area contributed by atoms with Gasteiger partial charge in [-0.15, -0.1) is 0 Å². The molecule has 0 aliphatic heterocycles. The van der Waals surface area contributed by atoms with Gasteiger partial charge in [-0.2, -0.15) is 0 Å². The lowest BCUT2D eigenvalue weighted by Crippen LogP contribution is -2.05. The van der Waals surface area contributed by atoms with Gasteiger partial charge in [0, 0.05) is 0 Å². The highest BCUT2D eigenvalue weighted by Crippen LogP contribution is 2.33. The SMILES string of the molecule is CCCc1cc(C(=O)OC)cc(OC)c1OC. The van der Waals surface area contributed by atoms with E-state index in [1.54, 1.807) is 26.4 Å². The molecule has 94 valence electrons. The smallest absolute Gasteiger partial charge is 0.337 e. The first-order chi connectivity index (χ1) is 8.17. The van der Waals surface area contributed by atoms with Crippen LogP contribution in [0.2, 0.25) is 0 Å². The quantitative estimate of drug-likeness (QED) is 0.739. The average molecular weight is 238 g/mol. The van der Waals surface area contributed by atoms with Crippen molar-refractivity contribution in [2.75, 3.05) is 21.3 Å². The summed E-state index contributed by atoms with van der Waals surface area (Å²) in [7, 11) is 4.50. The van der Waals surface area contributed by atoms with Gasteiger partial charge < -0.3 is 14.2 Å². The highest BCUT2D eigenvalue weighted by Gasteiger charge is 2.15. The van der Waals surface area contributed by atoms with E-state index in [0.29, 0.717) is 17.1 Å². The van der Waals surface area contributed by atoms with Gasteiger partial charge in [-0.3, -0.25) is 0 Å². The van der Waals surface area contributed by atoms with Crippen LogP contribution < -0.4 is 9.47 Å². The van der Waals surface area contributed by atoms with Crippen LogP contribution in [-0.2, 0) is 11.2 Å². The molecule has 0 N–H and O–H groups in total. The van der Waals surface area contributed by atoms with Crippen LogP contribution in [0.5, 0.6) is 11.5 Å². The van der Waals surface area contributed by atoms with E-state index in [0.717, 1.165) is 18.4 Å². The predicted molar refractivity (Wildman–Crippen MR) is 64.9 cm³/mol. The summed E-state index contributed by atoms with van der Waals surface area (Å²) < 4.78 is 15.2. The molecule has 0 amide bonds. The molecule has 0 unspecified atom stereocenters. The molecule has 4 nitrogen and oxygen atoms in total. The minimum atomic E-state index is -0.372. The van der Waals surface area contributed by atoms with Crippen LogP contribution in [0.3, 0.4) is 0 Å². The minimum Gasteiger partial charge on any atom is -0.493 e. The third kappa shape index (κ3) is 2.90. The van der Waals surface area contributed by atoms with Gasteiger partial charge in [-0.25, -0.2) is 4.79 Å². The van der Waals surface area contributed by atoms with Crippen LogP contribution in [0.4, 0.5) is 0 Å². The van der Waals surface area contributed by atoms with Crippen molar-refractivity contribution < 1.29 is 19.0 Å². The van der Waals surface area contributed by atoms with E-state index in [9.17, 15) is 4.79 Å². The second-order valence-electron chi connectivity index (χ2n) is 3.61. The first kappa shape index (κ1) is 13.4. The van der Waals surface area contributed by atoms with E-state index >= 15 is 0 Å². The third-order valence-electron chi connectivity index (χ3n) is 2.50. The van der Waals surface area contributed by atoms with E-state index < -0.39 is 0 Å². The molecule has 0 saturated carbocycles. The van der Waals surface area contributed by atoms with Gasteiger partial charge in [0.2, 0.25) is 0 Å². The molecule has 0 aromatic heterocycles. The van der Waals surface area contributed by atoms with Crippen molar-refractivity contribution in [2.24, 2.45) is 0 Å². The number of methoxy groups -OCH3 is 3. The molecule has 0 spiro atoms. The topological polar surface area (TPSA) is 44.8 Å². The summed E-state index contributed by atoms with van der Waals surface area (Å²) in [5.74, 6) is 0.865. The number of hydrogen-bond donors (Lipinski definition) is 0. The fourth-order valence-electron chi connectivity index (χ4n) is 1.73. The zero-order valence-corrected chi connectivity index (χ0v) is 10.7. The Morgan fingerprint density at radius 1 is 1.18 bits per heavy atom. The van der Waals surface area contributed by atoms with Gasteiger partial charge in [0.25, 0.3) is 0 Å². The second-order valence-corrected chi connectivity index (χ2v) is 3.61. The summed E-state index contributed by atoms with van der Waals surface area (Å²) in [5, 5.41) is 0. The highest BCUT2D eigenvalue weighted by atomic mass is 16.5. The lowest BCUT2D eigenvalue weighted by Gasteiger charge is -2.14. The number of carbonyl (C=O) groups excluding carboxylic acids is 1. The van der Waals surface area contributed by atoms with Crippen LogP contribution in [0.15, 0.2) is 12.1 Å². The Labute approximate surface area is 101 Å². The Morgan fingerprint density at radius 2 is 1.88 bits per heavy atom. The van der Waals surface area contributed by atoms with Crippen LogP contribution in [0.25, 0.3) is 0 Å². The molecule has 17 heavy (non-hydrogen) atoms. The van der Waals surface area contributed by atoms with Crippen LogP contribution in [0.1, 0.15) is 29.3 Å². The standard InChI is InChI=1S/C13H18O4/c1-5-6-9-7-10(13(14)17-4)8-11(15-2)12(9)16-3/h7-8H,5-6H2,1-4H3. The zero-order valence-electron chi connectivity index (χ0n) is 10.7. The number of esters is 1. The maximum Gasteiger partial charge on any atom is 0.337 e. The number of hydrogen-bond acceptors (Lipinski definition) is 4. The van der Waals surface area contributed by atoms with Crippen molar-refractivity contribution in [3.63, 3.8) is 0 Å². The molecule has 0 radical (unpaired) electrons. The van der Waals surface area contributed by atoms with Gasteiger partial charge in [0.15, 0.2) is 11.5 Å². The third-order valence-corrected chi connectivity index (χ3v) is 2.50. The highest BCUT2D eigenvalue weighted by molar-refractivity contribution is 5.90. The van der Waals surface area contributed by atoms with E-state index in [1.807, 2.05) is 0 Å². The van der Waals surface area contributed by atoms with Crippen molar-refractivity contribution in [1.82, 2.24) is 0 Å². The van der Waals surface area contributed by atoms with Crippen LogP contribution >= 0.6 is 0 Å². The summed E-state index contributed by atoms with van der Waals surface area (Å²) in [6.45, 7) is 2.07. The van der Waals surface area contributed by atoms with Crippen molar-refractivity contribution in [1.29, 1.82) is 0 Å². The fraction of sp³-hybridized carbons (Fsp3) is 0.462.